The topological polar surface area (TPSA) is 69.4 Å². The second-order valence-electron chi connectivity index (χ2n) is 6.71. The molecule has 136 valence electrons. The molecule has 0 radical (unpaired) electrons. The van der Waals surface area contributed by atoms with E-state index in [4.69, 9.17) is 8.71 Å². The first kappa shape index (κ1) is 18.2. The molecule has 0 unspecified atom stereocenters. The molecule has 0 fully saturated rings. The molecule has 0 aliphatic heterocycles. The lowest BCUT2D eigenvalue weighted by Gasteiger charge is -2.26. The molecule has 26 heavy (non-hydrogen) atoms. The monoisotopic (exact) mass is 371 g/mol. The zero-order valence-electron chi connectivity index (χ0n) is 15.2. The molecule has 0 atom stereocenters. The van der Waals surface area contributed by atoms with Gasteiger partial charge in [0.15, 0.2) is 10.7 Å². The van der Waals surface area contributed by atoms with Gasteiger partial charge in [0.2, 0.25) is 0 Å². The number of hydrogen-bond donors (Lipinski definition) is 0. The highest BCUT2D eigenvalue weighted by Crippen LogP contribution is 2.33. The van der Waals surface area contributed by atoms with E-state index in [1.54, 1.807) is 26.0 Å². The maximum absolute atomic E-state index is 12.5. The van der Waals surface area contributed by atoms with Crippen LogP contribution >= 0.6 is 0 Å². The summed E-state index contributed by atoms with van der Waals surface area (Å²) in [5.41, 5.74) is 2.31. The Hall–Kier alpha value is -2.60. The van der Waals surface area contributed by atoms with Gasteiger partial charge in [-0.2, -0.15) is 8.42 Å². The van der Waals surface area contributed by atoms with Gasteiger partial charge in [-0.05, 0) is 37.1 Å². The molecular formula is C20H21NO4S. The molecular weight excluding hydrogens is 350 g/mol. The third kappa shape index (κ3) is 3.37. The predicted molar refractivity (Wildman–Crippen MR) is 98.8 cm³/mol. The summed E-state index contributed by atoms with van der Waals surface area (Å²) in [6.07, 6.45) is 0. The van der Waals surface area contributed by atoms with E-state index < -0.39 is 10.1 Å². The Morgan fingerprint density at radius 2 is 1.50 bits per heavy atom. The van der Waals surface area contributed by atoms with Crippen molar-refractivity contribution in [1.82, 2.24) is 5.16 Å². The van der Waals surface area contributed by atoms with Crippen molar-refractivity contribution in [3.8, 4) is 5.75 Å². The fraction of sp³-hybridized carbons (Fsp3) is 0.250. The minimum Gasteiger partial charge on any atom is -0.379 e. The first-order valence-corrected chi connectivity index (χ1v) is 9.66. The molecule has 6 heteroatoms. The van der Waals surface area contributed by atoms with Gasteiger partial charge in [0, 0.05) is 5.41 Å². The zero-order valence-corrected chi connectivity index (χ0v) is 16.0. The molecule has 0 amide bonds. The van der Waals surface area contributed by atoms with Crippen LogP contribution in [0.2, 0.25) is 0 Å². The summed E-state index contributed by atoms with van der Waals surface area (Å²) in [6.45, 7) is 7.36. The van der Waals surface area contributed by atoms with Crippen LogP contribution < -0.4 is 4.18 Å². The first-order valence-electron chi connectivity index (χ1n) is 8.25. The maximum Gasteiger partial charge on any atom is 0.344 e. The number of benzene rings is 2. The van der Waals surface area contributed by atoms with Crippen LogP contribution in [0, 0.1) is 13.8 Å². The van der Waals surface area contributed by atoms with Gasteiger partial charge in [-0.1, -0.05) is 61.5 Å². The highest BCUT2D eigenvalue weighted by atomic mass is 32.2. The Morgan fingerprint density at radius 3 is 2.04 bits per heavy atom. The van der Waals surface area contributed by atoms with E-state index in [0.717, 1.165) is 5.56 Å². The summed E-state index contributed by atoms with van der Waals surface area (Å²) in [6, 6.07) is 17.2. The average molecular weight is 371 g/mol. The molecule has 0 N–H and O–H groups in total. The Kier molecular flexibility index (Phi) is 4.63. The first-order chi connectivity index (χ1) is 12.2. The quantitative estimate of drug-likeness (QED) is 0.622. The largest absolute Gasteiger partial charge is 0.379 e. The van der Waals surface area contributed by atoms with Crippen LogP contribution in [-0.4, -0.2) is 13.6 Å². The lowest BCUT2D eigenvalue weighted by atomic mass is 9.78. The summed E-state index contributed by atoms with van der Waals surface area (Å²) in [5, 5.41) is 3.67. The molecule has 0 saturated heterocycles. The van der Waals surface area contributed by atoms with Crippen LogP contribution in [0.3, 0.4) is 0 Å². The number of aryl methyl sites for hydroxylation is 2. The lowest BCUT2D eigenvalue weighted by molar-refractivity contribution is 0.390. The van der Waals surface area contributed by atoms with Crippen molar-refractivity contribution < 1.29 is 17.1 Å². The Labute approximate surface area is 153 Å². The highest BCUT2D eigenvalue weighted by molar-refractivity contribution is 7.87. The van der Waals surface area contributed by atoms with Crippen LogP contribution in [0.1, 0.15) is 36.4 Å². The van der Waals surface area contributed by atoms with E-state index >= 15 is 0 Å². The Morgan fingerprint density at radius 1 is 0.923 bits per heavy atom. The van der Waals surface area contributed by atoms with Crippen molar-refractivity contribution >= 4 is 10.1 Å². The van der Waals surface area contributed by atoms with Crippen LogP contribution in [0.5, 0.6) is 5.75 Å². The molecule has 1 aromatic heterocycles. The van der Waals surface area contributed by atoms with E-state index in [1.165, 1.54) is 5.56 Å². The average Bonchev–Trinajstić information content (AvgIpc) is 2.95. The van der Waals surface area contributed by atoms with E-state index in [9.17, 15) is 8.42 Å². The molecule has 3 rings (SSSR count). The number of hydrogen-bond acceptors (Lipinski definition) is 5. The molecule has 0 saturated carbocycles. The molecule has 0 aliphatic rings. The normalized spacial score (nSPS) is 12.2. The molecule has 3 aromatic rings. The van der Waals surface area contributed by atoms with Gasteiger partial charge in [0.25, 0.3) is 0 Å². The van der Waals surface area contributed by atoms with Crippen molar-refractivity contribution in [1.29, 1.82) is 0 Å². The van der Waals surface area contributed by atoms with E-state index in [0.29, 0.717) is 0 Å². The van der Waals surface area contributed by atoms with E-state index in [-0.39, 0.29) is 27.5 Å². The summed E-state index contributed by atoms with van der Waals surface area (Å²) in [4.78, 5) is -0.0220. The summed E-state index contributed by atoms with van der Waals surface area (Å²) in [5.74, 6) is 0.460. The fourth-order valence-electron chi connectivity index (χ4n) is 2.95. The highest BCUT2D eigenvalue weighted by Gasteiger charge is 2.27. The van der Waals surface area contributed by atoms with Crippen molar-refractivity contribution in [2.75, 3.05) is 0 Å². The van der Waals surface area contributed by atoms with Gasteiger partial charge in [0.1, 0.15) is 11.4 Å². The number of nitrogens with zero attached hydrogens (tertiary/aromatic N) is 1. The van der Waals surface area contributed by atoms with E-state index in [2.05, 4.69) is 31.1 Å². The van der Waals surface area contributed by atoms with Gasteiger partial charge >= 0.3 is 10.1 Å². The molecule has 0 spiro atoms. The Balaban J connectivity index is 1.87. The van der Waals surface area contributed by atoms with Gasteiger partial charge in [-0.3, -0.25) is 0 Å². The van der Waals surface area contributed by atoms with Gasteiger partial charge in [-0.25, -0.2) is 0 Å². The van der Waals surface area contributed by atoms with E-state index in [1.807, 2.05) is 30.3 Å². The minimum absolute atomic E-state index is 0.0220. The second kappa shape index (κ2) is 6.61. The summed E-state index contributed by atoms with van der Waals surface area (Å²) >= 11 is 0. The SMILES string of the molecule is Cc1noc(C)c1S(=O)(=O)Oc1ccc(C(C)(C)c2ccccc2)cc1. The van der Waals surface area contributed by atoms with Crippen LogP contribution in [0.15, 0.2) is 64.0 Å². The van der Waals surface area contributed by atoms with Crippen LogP contribution in [0.25, 0.3) is 0 Å². The molecule has 1 heterocycles. The molecule has 2 aromatic carbocycles. The maximum atomic E-state index is 12.5. The second-order valence-corrected chi connectivity index (χ2v) is 8.19. The molecule has 5 nitrogen and oxygen atoms in total. The van der Waals surface area contributed by atoms with Crippen LogP contribution in [-0.2, 0) is 15.5 Å². The van der Waals surface area contributed by atoms with Crippen molar-refractivity contribution in [3.63, 3.8) is 0 Å². The summed E-state index contributed by atoms with van der Waals surface area (Å²) < 4.78 is 35.1. The number of rotatable bonds is 5. The van der Waals surface area contributed by atoms with Crippen molar-refractivity contribution in [3.05, 3.63) is 77.2 Å². The third-order valence-electron chi connectivity index (χ3n) is 4.50. The smallest absolute Gasteiger partial charge is 0.344 e. The summed E-state index contributed by atoms with van der Waals surface area (Å²) in [7, 11) is -3.99. The molecule has 0 bridgehead atoms. The van der Waals surface area contributed by atoms with Gasteiger partial charge in [-0.15, -0.1) is 0 Å². The molecule has 0 aliphatic carbocycles. The number of aromatic nitrogens is 1. The van der Waals surface area contributed by atoms with Crippen LogP contribution in [0.4, 0.5) is 0 Å². The lowest BCUT2D eigenvalue weighted by Crippen LogP contribution is -2.18. The minimum atomic E-state index is -3.99. The van der Waals surface area contributed by atoms with Crippen molar-refractivity contribution in [2.45, 2.75) is 38.0 Å². The predicted octanol–water partition coefficient (Wildman–Crippen LogP) is 4.39. The fourth-order valence-corrected chi connectivity index (χ4v) is 4.18. The van der Waals surface area contributed by atoms with Gasteiger partial charge in [0.05, 0.1) is 0 Å². The Bertz CT molecular complexity index is 984. The third-order valence-corrected chi connectivity index (χ3v) is 5.99. The standard InChI is InChI=1S/C20H21NO4S/c1-14-19(15(2)24-21-14)26(22,23)25-18-12-10-17(11-13-18)20(3,4)16-8-6-5-7-9-16/h5-13H,1-4H3. The van der Waals surface area contributed by atoms with Crippen molar-refractivity contribution in [2.24, 2.45) is 0 Å². The zero-order chi connectivity index (χ0) is 18.9. The van der Waals surface area contributed by atoms with Gasteiger partial charge < -0.3 is 8.71 Å².